The first kappa shape index (κ1) is 21.3. The third kappa shape index (κ3) is 6.30. The lowest BCUT2D eigenvalue weighted by Crippen LogP contribution is -2.13. The van der Waals surface area contributed by atoms with E-state index in [2.05, 4.69) is 58.6 Å². The molecule has 1 amide bonds. The van der Waals surface area contributed by atoms with Gasteiger partial charge in [0.15, 0.2) is 13.8 Å². The summed E-state index contributed by atoms with van der Waals surface area (Å²) in [4.78, 5) is 16.7. The average Bonchev–Trinajstić information content (AvgIpc) is 3.36. The number of anilines is 1. The molecule has 3 aromatic rings. The summed E-state index contributed by atoms with van der Waals surface area (Å²) in [6.07, 6.45) is 3.37. The minimum Gasteiger partial charge on any atom is -0.301 e. The molecule has 0 saturated heterocycles. The molecule has 0 aliphatic rings. The molecule has 0 aliphatic heterocycles. The second kappa shape index (κ2) is 10.9. The number of rotatable bonds is 10. The summed E-state index contributed by atoms with van der Waals surface area (Å²) in [6.45, 7) is 4.31. The molecule has 1 N–H and O–H groups in total. The molecule has 0 fully saturated rings. The number of carbonyl (C=O) groups is 1. The van der Waals surface area contributed by atoms with Gasteiger partial charge in [0.25, 0.3) is 0 Å². The average molecular weight is 451 g/mol. The van der Waals surface area contributed by atoms with Gasteiger partial charge < -0.3 is 5.32 Å². The van der Waals surface area contributed by atoms with Crippen LogP contribution < -0.4 is 5.32 Å². The lowest BCUT2D eigenvalue weighted by molar-refractivity contribution is -0.113. The Morgan fingerprint density at radius 2 is 1.86 bits per heavy atom. The monoisotopic (exact) mass is 450 g/mol. The fourth-order valence-electron chi connectivity index (χ4n) is 2.28. The van der Waals surface area contributed by atoms with Gasteiger partial charge in [0, 0.05) is 16.7 Å². The number of unbranched alkanes of at least 4 members (excludes halogenated alkanes) is 1. The van der Waals surface area contributed by atoms with Gasteiger partial charge in [-0.1, -0.05) is 79.4 Å². The van der Waals surface area contributed by atoms with Crippen LogP contribution in [0.5, 0.6) is 0 Å². The quantitative estimate of drug-likeness (QED) is 0.309. The van der Waals surface area contributed by atoms with E-state index in [0.717, 1.165) is 32.1 Å². The maximum atomic E-state index is 12.2. The molecule has 0 saturated carbocycles. The van der Waals surface area contributed by atoms with Crippen molar-refractivity contribution in [1.82, 2.24) is 15.2 Å². The zero-order chi connectivity index (χ0) is 19.8. The van der Waals surface area contributed by atoms with Crippen LogP contribution in [-0.2, 0) is 11.2 Å². The van der Waals surface area contributed by atoms with Gasteiger partial charge in [-0.2, -0.15) is 0 Å². The van der Waals surface area contributed by atoms with Crippen LogP contribution in [0.4, 0.5) is 5.13 Å². The van der Waals surface area contributed by atoms with Crippen LogP contribution in [0.25, 0.3) is 11.3 Å². The number of thioether (sulfide) groups is 2. The van der Waals surface area contributed by atoms with Crippen molar-refractivity contribution in [3.63, 3.8) is 0 Å². The van der Waals surface area contributed by atoms with Crippen molar-refractivity contribution in [2.75, 3.05) is 16.8 Å². The normalized spacial score (nSPS) is 10.9. The summed E-state index contributed by atoms with van der Waals surface area (Å²) in [6, 6.07) is 8.36. The first-order chi connectivity index (χ1) is 13.7. The molecule has 2 heterocycles. The smallest absolute Gasteiger partial charge is 0.236 e. The van der Waals surface area contributed by atoms with E-state index in [-0.39, 0.29) is 5.91 Å². The van der Waals surface area contributed by atoms with E-state index in [1.165, 1.54) is 41.5 Å². The molecular weight excluding hydrogens is 429 g/mol. The second-order valence-corrected chi connectivity index (χ2v) is 10.4. The number of hydrogen-bond donors (Lipinski definition) is 1. The van der Waals surface area contributed by atoms with Crippen molar-refractivity contribution in [3.05, 3.63) is 35.2 Å². The molecule has 0 atom stereocenters. The number of nitrogens with zero attached hydrogens (tertiary/aromatic N) is 3. The maximum absolute atomic E-state index is 12.2. The number of aryl methyl sites for hydroxylation is 1. The van der Waals surface area contributed by atoms with Crippen LogP contribution in [0.2, 0.25) is 0 Å². The molecule has 0 bridgehead atoms. The Kier molecular flexibility index (Phi) is 8.32. The van der Waals surface area contributed by atoms with Crippen LogP contribution >= 0.6 is 46.2 Å². The first-order valence-electron chi connectivity index (χ1n) is 9.11. The third-order valence-electron chi connectivity index (χ3n) is 3.85. The van der Waals surface area contributed by atoms with E-state index in [4.69, 9.17) is 0 Å². The minimum absolute atomic E-state index is 0.0809. The van der Waals surface area contributed by atoms with Crippen LogP contribution in [0, 0.1) is 0 Å². The van der Waals surface area contributed by atoms with E-state index < -0.39 is 0 Å². The van der Waals surface area contributed by atoms with E-state index >= 15 is 0 Å². The highest BCUT2D eigenvalue weighted by molar-refractivity contribution is 8.03. The van der Waals surface area contributed by atoms with Crippen molar-refractivity contribution < 1.29 is 4.79 Å². The van der Waals surface area contributed by atoms with E-state index in [0.29, 0.717) is 10.9 Å². The molecule has 0 spiro atoms. The Bertz CT molecular complexity index is 891. The fourth-order valence-corrected chi connectivity index (χ4v) is 5.99. The van der Waals surface area contributed by atoms with Gasteiger partial charge in [-0.05, 0) is 18.4 Å². The Morgan fingerprint density at radius 3 is 2.57 bits per heavy atom. The molecule has 9 heteroatoms. The molecule has 0 radical (unpaired) electrons. The van der Waals surface area contributed by atoms with E-state index in [9.17, 15) is 4.79 Å². The molecule has 0 aliphatic carbocycles. The van der Waals surface area contributed by atoms with Gasteiger partial charge in [0.05, 0.1) is 11.4 Å². The van der Waals surface area contributed by atoms with Gasteiger partial charge >= 0.3 is 0 Å². The SMILES string of the molecule is CCCCSc1nnc(SCC(=O)Nc2nc(-c3ccc(CC)cc3)cs2)s1. The van der Waals surface area contributed by atoms with E-state index in [1.807, 2.05) is 5.38 Å². The van der Waals surface area contributed by atoms with Crippen molar-refractivity contribution in [1.29, 1.82) is 0 Å². The standard InChI is InChI=1S/C19H22N4OS4/c1-3-5-10-25-18-22-23-19(28-18)27-12-16(24)21-17-20-15(11-26-17)14-8-6-13(4-2)7-9-14/h6-9,11H,3-5,10,12H2,1-2H3,(H,20,21,24). The third-order valence-corrected chi connectivity index (χ3v) is 7.88. The Labute approximate surface area is 181 Å². The summed E-state index contributed by atoms with van der Waals surface area (Å²) in [5.41, 5.74) is 3.24. The molecule has 1 aromatic carbocycles. The number of thiazole rings is 1. The number of benzene rings is 1. The highest BCUT2D eigenvalue weighted by atomic mass is 32.2. The zero-order valence-electron chi connectivity index (χ0n) is 15.8. The zero-order valence-corrected chi connectivity index (χ0v) is 19.1. The highest BCUT2D eigenvalue weighted by Gasteiger charge is 2.11. The highest BCUT2D eigenvalue weighted by Crippen LogP contribution is 2.30. The van der Waals surface area contributed by atoms with Gasteiger partial charge in [-0.3, -0.25) is 4.79 Å². The first-order valence-corrected chi connectivity index (χ1v) is 12.8. The number of carbonyl (C=O) groups excluding carboxylic acids is 1. The van der Waals surface area contributed by atoms with Crippen LogP contribution in [0.3, 0.4) is 0 Å². The molecule has 2 aromatic heterocycles. The summed E-state index contributed by atoms with van der Waals surface area (Å²) < 4.78 is 1.79. The number of amides is 1. The van der Waals surface area contributed by atoms with Crippen LogP contribution in [0.15, 0.2) is 38.3 Å². The van der Waals surface area contributed by atoms with Gasteiger partial charge in [-0.15, -0.1) is 21.5 Å². The second-order valence-electron chi connectivity index (χ2n) is 5.96. The Hall–Kier alpha value is -1.42. The van der Waals surface area contributed by atoms with Gasteiger partial charge in [0.1, 0.15) is 0 Å². The van der Waals surface area contributed by atoms with Crippen molar-refractivity contribution in [2.24, 2.45) is 0 Å². The molecular formula is C19H22N4OS4. The number of nitrogens with one attached hydrogen (secondary N) is 1. The van der Waals surface area contributed by atoms with Gasteiger partial charge in [0.2, 0.25) is 5.91 Å². The van der Waals surface area contributed by atoms with Crippen molar-refractivity contribution in [3.8, 4) is 11.3 Å². The number of aromatic nitrogens is 3. The summed E-state index contributed by atoms with van der Waals surface area (Å²) in [5.74, 6) is 1.28. The van der Waals surface area contributed by atoms with Gasteiger partial charge in [-0.25, -0.2) is 4.98 Å². The summed E-state index contributed by atoms with van der Waals surface area (Å²) >= 11 is 6.12. The number of hydrogen-bond acceptors (Lipinski definition) is 8. The Morgan fingerprint density at radius 1 is 1.11 bits per heavy atom. The maximum Gasteiger partial charge on any atom is 0.236 e. The molecule has 3 rings (SSSR count). The molecule has 0 unspecified atom stereocenters. The summed E-state index contributed by atoms with van der Waals surface area (Å²) in [5, 5.41) is 13.8. The predicted molar refractivity (Wildman–Crippen MR) is 122 cm³/mol. The van der Waals surface area contributed by atoms with Crippen LogP contribution in [-0.4, -0.2) is 32.6 Å². The topological polar surface area (TPSA) is 67.8 Å². The van der Waals surface area contributed by atoms with Crippen molar-refractivity contribution in [2.45, 2.75) is 41.8 Å². The molecule has 5 nitrogen and oxygen atoms in total. The Balaban J connectivity index is 1.48. The summed E-state index contributed by atoms with van der Waals surface area (Å²) in [7, 11) is 0. The fraction of sp³-hybridized carbons (Fsp3) is 0.368. The molecule has 28 heavy (non-hydrogen) atoms. The lowest BCUT2D eigenvalue weighted by atomic mass is 10.1. The van der Waals surface area contributed by atoms with Crippen LogP contribution in [0.1, 0.15) is 32.3 Å². The minimum atomic E-state index is -0.0809. The predicted octanol–water partition coefficient (Wildman–Crippen LogP) is 5.85. The van der Waals surface area contributed by atoms with Crippen molar-refractivity contribution >= 4 is 57.2 Å². The largest absolute Gasteiger partial charge is 0.301 e. The lowest BCUT2D eigenvalue weighted by Gasteiger charge is -2.00. The van der Waals surface area contributed by atoms with E-state index in [1.54, 1.807) is 23.1 Å². The molecule has 148 valence electrons.